The average molecular weight is 216 g/mol. The van der Waals surface area contributed by atoms with Gasteiger partial charge in [-0.05, 0) is 34.1 Å². The van der Waals surface area contributed by atoms with E-state index >= 15 is 0 Å². The highest BCUT2D eigenvalue weighted by Gasteiger charge is 2.21. The first-order chi connectivity index (χ1) is 6.73. The number of hydrogen-bond acceptors (Lipinski definition) is 3. The largest absolute Gasteiger partial charge is 0.374 e. The third-order valence-corrected chi connectivity index (χ3v) is 2.16. The van der Waals surface area contributed by atoms with Gasteiger partial charge in [-0.15, -0.1) is 0 Å². The molecule has 0 aromatic rings. The molecule has 0 aliphatic heterocycles. The van der Waals surface area contributed by atoms with Crippen LogP contribution in [0.25, 0.3) is 0 Å². The summed E-state index contributed by atoms with van der Waals surface area (Å²) in [5.74, 6) is 0. The molecule has 15 heavy (non-hydrogen) atoms. The van der Waals surface area contributed by atoms with Crippen molar-refractivity contribution in [2.45, 2.75) is 71.7 Å². The van der Waals surface area contributed by atoms with E-state index in [4.69, 9.17) is 10.5 Å². The number of rotatable bonds is 7. The van der Waals surface area contributed by atoms with Crippen molar-refractivity contribution in [3.8, 4) is 0 Å². The van der Waals surface area contributed by atoms with E-state index in [1.165, 1.54) is 0 Å². The molecule has 0 aromatic carbocycles. The highest BCUT2D eigenvalue weighted by molar-refractivity contribution is 4.75. The Balaban J connectivity index is 3.82. The van der Waals surface area contributed by atoms with Gasteiger partial charge < -0.3 is 15.8 Å². The van der Waals surface area contributed by atoms with Gasteiger partial charge in [-0.3, -0.25) is 0 Å². The Kier molecular flexibility index (Phi) is 6.41. The lowest BCUT2D eigenvalue weighted by Crippen LogP contribution is -2.40. The van der Waals surface area contributed by atoms with Crippen molar-refractivity contribution >= 4 is 0 Å². The molecule has 92 valence electrons. The van der Waals surface area contributed by atoms with Crippen LogP contribution in [0.4, 0.5) is 0 Å². The van der Waals surface area contributed by atoms with Crippen molar-refractivity contribution < 1.29 is 4.74 Å². The summed E-state index contributed by atoms with van der Waals surface area (Å²) in [5.41, 5.74) is 5.65. The van der Waals surface area contributed by atoms with Gasteiger partial charge in [-0.2, -0.15) is 0 Å². The maximum Gasteiger partial charge on any atom is 0.0641 e. The fraction of sp³-hybridized carbons (Fsp3) is 1.00. The van der Waals surface area contributed by atoms with Crippen molar-refractivity contribution in [2.75, 3.05) is 6.61 Å². The highest BCUT2D eigenvalue weighted by Crippen LogP contribution is 2.16. The zero-order valence-electron chi connectivity index (χ0n) is 11.1. The lowest BCUT2D eigenvalue weighted by atomic mass is 10.0. The maximum atomic E-state index is 5.86. The Hall–Kier alpha value is -0.120. The average Bonchev–Trinajstić information content (AvgIpc) is 1.97. The van der Waals surface area contributed by atoms with E-state index in [9.17, 15) is 0 Å². The van der Waals surface area contributed by atoms with Crippen molar-refractivity contribution in [3.05, 3.63) is 0 Å². The Morgan fingerprint density at radius 2 is 1.73 bits per heavy atom. The van der Waals surface area contributed by atoms with E-state index in [1.54, 1.807) is 0 Å². The van der Waals surface area contributed by atoms with Crippen LogP contribution in [-0.2, 0) is 4.74 Å². The molecule has 0 heterocycles. The third kappa shape index (κ3) is 8.85. The van der Waals surface area contributed by atoms with Gasteiger partial charge in [-0.25, -0.2) is 0 Å². The summed E-state index contributed by atoms with van der Waals surface area (Å²) < 4.78 is 5.86. The van der Waals surface area contributed by atoms with E-state index in [2.05, 4.69) is 39.9 Å². The summed E-state index contributed by atoms with van der Waals surface area (Å²) in [5, 5.41) is 3.41. The summed E-state index contributed by atoms with van der Waals surface area (Å²) in [7, 11) is 0. The van der Waals surface area contributed by atoms with Crippen LogP contribution in [0.1, 0.15) is 48.0 Å². The van der Waals surface area contributed by atoms with Gasteiger partial charge in [0.15, 0.2) is 0 Å². The second-order valence-corrected chi connectivity index (χ2v) is 5.47. The molecular formula is C12H28N2O. The van der Waals surface area contributed by atoms with Gasteiger partial charge in [-0.1, -0.05) is 13.8 Å². The van der Waals surface area contributed by atoms with Crippen LogP contribution in [0.15, 0.2) is 0 Å². The van der Waals surface area contributed by atoms with E-state index in [0.29, 0.717) is 12.1 Å². The molecule has 2 atom stereocenters. The molecule has 0 rings (SSSR count). The molecule has 3 N–H and O–H groups in total. The second-order valence-electron chi connectivity index (χ2n) is 5.47. The Morgan fingerprint density at radius 3 is 2.13 bits per heavy atom. The number of nitrogens with two attached hydrogens (primary N) is 1. The molecule has 3 heteroatoms. The summed E-state index contributed by atoms with van der Waals surface area (Å²) in [6.45, 7) is 13.4. The molecule has 3 nitrogen and oxygen atoms in total. The molecular weight excluding hydrogens is 188 g/mol. The van der Waals surface area contributed by atoms with Gasteiger partial charge in [0.25, 0.3) is 0 Å². The fourth-order valence-corrected chi connectivity index (χ4v) is 1.80. The van der Waals surface area contributed by atoms with Crippen LogP contribution in [0, 0.1) is 0 Å². The minimum absolute atomic E-state index is 0.124. The van der Waals surface area contributed by atoms with E-state index in [-0.39, 0.29) is 11.6 Å². The van der Waals surface area contributed by atoms with Crippen molar-refractivity contribution in [2.24, 2.45) is 5.73 Å². The zero-order valence-corrected chi connectivity index (χ0v) is 11.1. The Labute approximate surface area is 94.8 Å². The van der Waals surface area contributed by atoms with Crippen molar-refractivity contribution in [1.82, 2.24) is 5.32 Å². The topological polar surface area (TPSA) is 47.3 Å². The monoisotopic (exact) mass is 216 g/mol. The smallest absolute Gasteiger partial charge is 0.0641 e. The molecule has 2 unspecified atom stereocenters. The predicted molar refractivity (Wildman–Crippen MR) is 66.0 cm³/mol. The summed E-state index contributed by atoms with van der Waals surface area (Å²) in [4.78, 5) is 0. The fourth-order valence-electron chi connectivity index (χ4n) is 1.80. The Morgan fingerprint density at radius 1 is 1.20 bits per heavy atom. The van der Waals surface area contributed by atoms with Gasteiger partial charge >= 0.3 is 0 Å². The molecule has 0 radical (unpaired) electrons. The lowest BCUT2D eigenvalue weighted by molar-refractivity contribution is -0.0353. The molecule has 0 aromatic heterocycles. The first-order valence-electron chi connectivity index (χ1n) is 5.88. The maximum absolute atomic E-state index is 5.86. The van der Waals surface area contributed by atoms with E-state index in [1.807, 2.05) is 6.92 Å². The quantitative estimate of drug-likeness (QED) is 0.683. The van der Waals surface area contributed by atoms with Gasteiger partial charge in [0, 0.05) is 18.1 Å². The molecule has 0 aliphatic carbocycles. The van der Waals surface area contributed by atoms with E-state index < -0.39 is 0 Å². The minimum atomic E-state index is -0.124. The molecule has 0 amide bonds. The molecule has 0 fully saturated rings. The molecule has 0 saturated heterocycles. The van der Waals surface area contributed by atoms with Crippen LogP contribution >= 0.6 is 0 Å². The first-order valence-corrected chi connectivity index (χ1v) is 5.88. The SMILES string of the molecule is CC(N)CC(C)(C)OCC(C)NC(C)C. The standard InChI is InChI=1S/C12H28N2O/c1-9(2)14-11(4)8-15-12(5,6)7-10(3)13/h9-11,14H,7-8,13H2,1-6H3. The number of ether oxygens (including phenoxy) is 1. The molecule has 0 saturated carbocycles. The van der Waals surface area contributed by atoms with Gasteiger partial charge in [0.1, 0.15) is 0 Å². The number of hydrogen-bond donors (Lipinski definition) is 2. The third-order valence-electron chi connectivity index (χ3n) is 2.16. The van der Waals surface area contributed by atoms with E-state index in [0.717, 1.165) is 13.0 Å². The van der Waals surface area contributed by atoms with Crippen molar-refractivity contribution in [1.29, 1.82) is 0 Å². The van der Waals surface area contributed by atoms with Gasteiger partial charge in [0.05, 0.1) is 12.2 Å². The molecule has 0 spiro atoms. The number of nitrogens with one attached hydrogen (secondary N) is 1. The van der Waals surface area contributed by atoms with Crippen LogP contribution in [0.5, 0.6) is 0 Å². The highest BCUT2D eigenvalue weighted by atomic mass is 16.5. The minimum Gasteiger partial charge on any atom is -0.374 e. The molecule has 0 aliphatic rings. The van der Waals surface area contributed by atoms with Crippen molar-refractivity contribution in [3.63, 3.8) is 0 Å². The summed E-state index contributed by atoms with van der Waals surface area (Å²) in [6.07, 6.45) is 0.890. The second kappa shape index (κ2) is 6.46. The van der Waals surface area contributed by atoms with Crippen LogP contribution in [0.2, 0.25) is 0 Å². The van der Waals surface area contributed by atoms with Crippen LogP contribution < -0.4 is 11.1 Å². The lowest BCUT2D eigenvalue weighted by Gasteiger charge is -2.29. The van der Waals surface area contributed by atoms with Crippen LogP contribution in [0.3, 0.4) is 0 Å². The Bertz CT molecular complexity index is 167. The summed E-state index contributed by atoms with van der Waals surface area (Å²) in [6, 6.07) is 1.07. The molecule has 0 bridgehead atoms. The normalized spacial score (nSPS) is 16.8. The van der Waals surface area contributed by atoms with Gasteiger partial charge in [0.2, 0.25) is 0 Å². The first kappa shape index (κ1) is 14.9. The zero-order chi connectivity index (χ0) is 12.1. The van der Waals surface area contributed by atoms with Crippen LogP contribution in [-0.4, -0.2) is 30.3 Å². The predicted octanol–water partition coefficient (Wildman–Crippen LogP) is 1.91. The summed E-state index contributed by atoms with van der Waals surface area (Å²) >= 11 is 0.